The van der Waals surface area contributed by atoms with Crippen molar-refractivity contribution in [1.29, 1.82) is 0 Å². The Kier molecular flexibility index (Phi) is 6.95. The lowest BCUT2D eigenvalue weighted by Gasteiger charge is -2.10. The van der Waals surface area contributed by atoms with E-state index in [2.05, 4.69) is 20.6 Å². The predicted octanol–water partition coefficient (Wildman–Crippen LogP) is 3.09. The van der Waals surface area contributed by atoms with Gasteiger partial charge in [0.1, 0.15) is 0 Å². The topological polar surface area (TPSA) is 113 Å². The van der Waals surface area contributed by atoms with Crippen molar-refractivity contribution in [3.63, 3.8) is 0 Å². The van der Waals surface area contributed by atoms with Gasteiger partial charge in [-0.3, -0.25) is 9.59 Å². The molecule has 0 saturated carbocycles. The maximum Gasteiger partial charge on any atom is 0.337 e. The van der Waals surface area contributed by atoms with Crippen molar-refractivity contribution in [2.75, 3.05) is 12.4 Å². The molecule has 1 aromatic heterocycles. The zero-order valence-corrected chi connectivity index (χ0v) is 17.1. The summed E-state index contributed by atoms with van der Waals surface area (Å²) in [6, 6.07) is 14.2. The SMILES string of the molecule is COC(=O)c1cc(CNC(=O)c2ncc(C)[nH]2)cc(NC(=O)/C=C/c2ccccc2)c1. The molecule has 0 atom stereocenters. The van der Waals surface area contributed by atoms with Crippen molar-refractivity contribution in [3.8, 4) is 0 Å². The monoisotopic (exact) mass is 418 g/mol. The van der Waals surface area contributed by atoms with Gasteiger partial charge in [-0.1, -0.05) is 30.3 Å². The van der Waals surface area contributed by atoms with E-state index in [0.717, 1.165) is 11.3 Å². The summed E-state index contributed by atoms with van der Waals surface area (Å²) in [5.74, 6) is -1.09. The fraction of sp³-hybridized carbons (Fsp3) is 0.130. The molecule has 0 radical (unpaired) electrons. The summed E-state index contributed by atoms with van der Waals surface area (Å²) >= 11 is 0. The molecule has 2 amide bonds. The van der Waals surface area contributed by atoms with Crippen molar-refractivity contribution in [2.45, 2.75) is 13.5 Å². The Morgan fingerprint density at radius 1 is 1.13 bits per heavy atom. The number of rotatable bonds is 7. The summed E-state index contributed by atoms with van der Waals surface area (Å²) in [7, 11) is 1.27. The molecule has 0 spiro atoms. The first-order valence-corrected chi connectivity index (χ1v) is 9.51. The third kappa shape index (κ3) is 6.14. The lowest BCUT2D eigenvalue weighted by Crippen LogP contribution is -2.24. The third-order valence-corrected chi connectivity index (χ3v) is 4.28. The number of carbonyl (C=O) groups excluding carboxylic acids is 3. The van der Waals surface area contributed by atoms with Gasteiger partial charge in [0.2, 0.25) is 5.91 Å². The standard InChI is InChI=1S/C23H22N4O4/c1-15-13-24-21(26-15)22(29)25-14-17-10-18(23(30)31-2)12-19(11-17)27-20(28)9-8-16-6-4-3-5-7-16/h3-13H,14H2,1-2H3,(H,24,26)(H,25,29)(H,27,28)/b9-8+. The minimum absolute atomic E-state index is 0.131. The van der Waals surface area contributed by atoms with Crippen LogP contribution in [-0.2, 0) is 16.1 Å². The molecule has 3 aromatic rings. The highest BCUT2D eigenvalue weighted by Crippen LogP contribution is 2.17. The Hall–Kier alpha value is -4.20. The quantitative estimate of drug-likeness (QED) is 0.403. The average Bonchev–Trinajstić information content (AvgIpc) is 3.22. The number of carbonyl (C=O) groups is 3. The molecule has 8 heteroatoms. The number of hydrogen-bond donors (Lipinski definition) is 3. The van der Waals surface area contributed by atoms with E-state index >= 15 is 0 Å². The zero-order valence-electron chi connectivity index (χ0n) is 17.1. The van der Waals surface area contributed by atoms with E-state index in [9.17, 15) is 14.4 Å². The number of nitrogens with zero attached hydrogens (tertiary/aromatic N) is 1. The molecule has 0 aliphatic heterocycles. The molecule has 158 valence electrons. The molecular formula is C23H22N4O4. The van der Waals surface area contributed by atoms with E-state index in [0.29, 0.717) is 11.3 Å². The van der Waals surface area contributed by atoms with Gasteiger partial charge in [0, 0.05) is 30.2 Å². The zero-order chi connectivity index (χ0) is 22.2. The number of aromatic amines is 1. The van der Waals surface area contributed by atoms with Crippen LogP contribution in [0.1, 0.15) is 37.8 Å². The van der Waals surface area contributed by atoms with Crippen LogP contribution in [0.2, 0.25) is 0 Å². The summed E-state index contributed by atoms with van der Waals surface area (Å²) in [6.07, 6.45) is 4.65. The van der Waals surface area contributed by atoms with Crippen LogP contribution in [0.5, 0.6) is 0 Å². The second kappa shape index (κ2) is 10.0. The number of H-pyrrole nitrogens is 1. The first-order chi connectivity index (χ1) is 14.9. The van der Waals surface area contributed by atoms with Crippen molar-refractivity contribution < 1.29 is 19.1 Å². The lowest BCUT2D eigenvalue weighted by molar-refractivity contribution is -0.111. The van der Waals surface area contributed by atoms with Gasteiger partial charge in [0.05, 0.1) is 12.7 Å². The minimum Gasteiger partial charge on any atom is -0.465 e. The van der Waals surface area contributed by atoms with E-state index in [-0.39, 0.29) is 29.7 Å². The van der Waals surface area contributed by atoms with Crippen LogP contribution in [-0.4, -0.2) is 34.9 Å². The molecule has 3 N–H and O–H groups in total. The van der Waals surface area contributed by atoms with Gasteiger partial charge < -0.3 is 20.4 Å². The molecule has 3 rings (SSSR count). The molecule has 0 aliphatic carbocycles. The normalized spacial score (nSPS) is 10.6. The van der Waals surface area contributed by atoms with Crippen LogP contribution in [0.4, 0.5) is 5.69 Å². The first kappa shape index (κ1) is 21.5. The number of hydrogen-bond acceptors (Lipinski definition) is 5. The Morgan fingerprint density at radius 3 is 2.58 bits per heavy atom. The van der Waals surface area contributed by atoms with Gasteiger partial charge in [-0.25, -0.2) is 9.78 Å². The van der Waals surface area contributed by atoms with Crippen LogP contribution < -0.4 is 10.6 Å². The highest BCUT2D eigenvalue weighted by Gasteiger charge is 2.13. The predicted molar refractivity (Wildman–Crippen MR) is 116 cm³/mol. The fourth-order valence-corrected chi connectivity index (χ4v) is 2.82. The number of methoxy groups -OCH3 is 1. The summed E-state index contributed by atoms with van der Waals surface area (Å²) < 4.78 is 4.79. The summed E-state index contributed by atoms with van der Waals surface area (Å²) in [6.45, 7) is 1.93. The van der Waals surface area contributed by atoms with Gasteiger partial charge in [-0.05, 0) is 42.3 Å². The molecule has 8 nitrogen and oxygen atoms in total. The van der Waals surface area contributed by atoms with Crippen LogP contribution in [0.15, 0.2) is 60.8 Å². The number of aromatic nitrogens is 2. The molecule has 0 aliphatic rings. The van der Waals surface area contributed by atoms with Crippen molar-refractivity contribution >= 4 is 29.5 Å². The maximum absolute atomic E-state index is 12.3. The van der Waals surface area contributed by atoms with Gasteiger partial charge in [-0.2, -0.15) is 0 Å². The number of aryl methyl sites for hydroxylation is 1. The van der Waals surface area contributed by atoms with Gasteiger partial charge in [-0.15, -0.1) is 0 Å². The number of benzene rings is 2. The molecule has 0 bridgehead atoms. The average molecular weight is 418 g/mol. The summed E-state index contributed by atoms with van der Waals surface area (Å²) in [5.41, 5.74) is 2.93. The van der Waals surface area contributed by atoms with E-state index in [1.807, 2.05) is 30.3 Å². The minimum atomic E-state index is -0.551. The Balaban J connectivity index is 1.73. The van der Waals surface area contributed by atoms with E-state index in [1.165, 1.54) is 19.3 Å². The third-order valence-electron chi connectivity index (χ3n) is 4.28. The number of imidazole rings is 1. The van der Waals surface area contributed by atoms with Crippen molar-refractivity contribution in [2.24, 2.45) is 0 Å². The number of anilines is 1. The number of amides is 2. The van der Waals surface area contributed by atoms with Crippen molar-refractivity contribution in [1.82, 2.24) is 15.3 Å². The maximum atomic E-state index is 12.3. The fourth-order valence-electron chi connectivity index (χ4n) is 2.82. The smallest absolute Gasteiger partial charge is 0.337 e. The lowest BCUT2D eigenvalue weighted by atomic mass is 10.1. The highest BCUT2D eigenvalue weighted by molar-refractivity contribution is 6.02. The molecular weight excluding hydrogens is 396 g/mol. The van der Waals surface area contributed by atoms with Crippen LogP contribution in [0, 0.1) is 6.92 Å². The largest absolute Gasteiger partial charge is 0.465 e. The van der Waals surface area contributed by atoms with E-state index in [4.69, 9.17) is 4.74 Å². The molecule has 0 saturated heterocycles. The Morgan fingerprint density at radius 2 is 1.90 bits per heavy atom. The molecule has 0 fully saturated rings. The highest BCUT2D eigenvalue weighted by atomic mass is 16.5. The molecule has 2 aromatic carbocycles. The number of nitrogens with one attached hydrogen (secondary N) is 3. The molecule has 0 unspecified atom stereocenters. The second-order valence-electron chi connectivity index (χ2n) is 6.74. The van der Waals surface area contributed by atoms with Crippen LogP contribution >= 0.6 is 0 Å². The van der Waals surface area contributed by atoms with Gasteiger partial charge in [0.15, 0.2) is 5.82 Å². The van der Waals surface area contributed by atoms with Gasteiger partial charge in [0.25, 0.3) is 5.91 Å². The summed E-state index contributed by atoms with van der Waals surface area (Å²) in [4.78, 5) is 43.4. The second-order valence-corrected chi connectivity index (χ2v) is 6.74. The van der Waals surface area contributed by atoms with Gasteiger partial charge >= 0.3 is 5.97 Å². The Bertz CT molecular complexity index is 1120. The number of esters is 1. The summed E-state index contributed by atoms with van der Waals surface area (Å²) in [5, 5.41) is 5.46. The molecule has 1 heterocycles. The van der Waals surface area contributed by atoms with Crippen LogP contribution in [0.3, 0.4) is 0 Å². The van der Waals surface area contributed by atoms with Crippen LogP contribution in [0.25, 0.3) is 6.08 Å². The number of ether oxygens (including phenoxy) is 1. The van der Waals surface area contributed by atoms with E-state index in [1.54, 1.807) is 31.3 Å². The van der Waals surface area contributed by atoms with E-state index < -0.39 is 5.97 Å². The van der Waals surface area contributed by atoms with Crippen molar-refractivity contribution in [3.05, 3.63) is 89.0 Å². The molecule has 31 heavy (non-hydrogen) atoms. The Labute approximate surface area is 179 Å². The first-order valence-electron chi connectivity index (χ1n) is 9.51.